The highest BCUT2D eigenvalue weighted by molar-refractivity contribution is 9.10. The fourth-order valence-corrected chi connectivity index (χ4v) is 2.38. The van der Waals surface area contributed by atoms with E-state index < -0.39 is 0 Å². The first-order chi connectivity index (χ1) is 9.10. The first-order valence-corrected chi connectivity index (χ1v) is 7.40. The molecule has 0 aliphatic rings. The molecule has 0 saturated carbocycles. The molecule has 2 rings (SSSR count). The van der Waals surface area contributed by atoms with Crippen molar-refractivity contribution in [3.8, 4) is 11.5 Å². The van der Waals surface area contributed by atoms with E-state index in [1.807, 2.05) is 43.3 Å². The van der Waals surface area contributed by atoms with Crippen LogP contribution in [0.2, 0.25) is 0 Å². The molecule has 0 atom stereocenters. The van der Waals surface area contributed by atoms with Crippen LogP contribution in [0.3, 0.4) is 0 Å². The van der Waals surface area contributed by atoms with Crippen LogP contribution in [0, 0.1) is 6.92 Å². The van der Waals surface area contributed by atoms with Crippen molar-refractivity contribution in [1.29, 1.82) is 0 Å². The fourth-order valence-electron chi connectivity index (χ4n) is 1.73. The lowest BCUT2D eigenvalue weighted by Gasteiger charge is -2.11. The van der Waals surface area contributed by atoms with Crippen LogP contribution in [-0.4, -0.2) is 7.11 Å². The van der Waals surface area contributed by atoms with Gasteiger partial charge in [-0.05, 0) is 48.9 Å². The molecule has 2 nitrogen and oxygen atoms in total. The minimum atomic E-state index is 0.476. The summed E-state index contributed by atoms with van der Waals surface area (Å²) >= 11 is 6.93. The van der Waals surface area contributed by atoms with E-state index in [1.165, 1.54) is 0 Å². The average molecular weight is 386 g/mol. The standard InChI is InChI=1S/C15H14Br2O2/c1-10-7-13(4-5-14(10)17)19-9-11-8-12(16)3-6-15(11)18-2/h3-8H,9H2,1-2H3. The van der Waals surface area contributed by atoms with Gasteiger partial charge in [0.05, 0.1) is 7.11 Å². The summed E-state index contributed by atoms with van der Waals surface area (Å²) in [6.07, 6.45) is 0. The smallest absolute Gasteiger partial charge is 0.125 e. The zero-order valence-corrected chi connectivity index (χ0v) is 13.9. The van der Waals surface area contributed by atoms with Crippen LogP contribution >= 0.6 is 31.9 Å². The van der Waals surface area contributed by atoms with Gasteiger partial charge in [0, 0.05) is 14.5 Å². The summed E-state index contributed by atoms with van der Waals surface area (Å²) in [7, 11) is 1.66. The second-order valence-corrected chi connectivity index (χ2v) is 5.93. The molecule has 0 unspecified atom stereocenters. The van der Waals surface area contributed by atoms with E-state index >= 15 is 0 Å². The van der Waals surface area contributed by atoms with E-state index in [2.05, 4.69) is 31.9 Å². The van der Waals surface area contributed by atoms with Crippen LogP contribution in [0.5, 0.6) is 11.5 Å². The molecular weight excluding hydrogens is 372 g/mol. The zero-order chi connectivity index (χ0) is 13.8. The highest BCUT2D eigenvalue weighted by Gasteiger charge is 2.05. The molecule has 2 aromatic rings. The average Bonchev–Trinajstić information content (AvgIpc) is 2.40. The molecule has 0 bridgehead atoms. The third-order valence-corrected chi connectivity index (χ3v) is 4.15. The molecule has 0 saturated heterocycles. The molecule has 0 aromatic heterocycles. The minimum Gasteiger partial charge on any atom is -0.496 e. The first kappa shape index (κ1) is 14.4. The summed E-state index contributed by atoms with van der Waals surface area (Å²) in [5, 5.41) is 0. The van der Waals surface area contributed by atoms with Crippen LogP contribution in [0.1, 0.15) is 11.1 Å². The summed E-state index contributed by atoms with van der Waals surface area (Å²) in [5.74, 6) is 1.68. The van der Waals surface area contributed by atoms with Gasteiger partial charge in [-0.25, -0.2) is 0 Å². The maximum absolute atomic E-state index is 5.80. The second-order valence-electron chi connectivity index (χ2n) is 4.16. The van der Waals surface area contributed by atoms with E-state index in [-0.39, 0.29) is 0 Å². The number of halogens is 2. The predicted molar refractivity (Wildman–Crippen MR) is 83.9 cm³/mol. The predicted octanol–water partition coefficient (Wildman–Crippen LogP) is 5.11. The number of aryl methyl sites for hydroxylation is 1. The van der Waals surface area contributed by atoms with Gasteiger partial charge in [0.2, 0.25) is 0 Å². The van der Waals surface area contributed by atoms with Crippen molar-refractivity contribution in [2.24, 2.45) is 0 Å². The topological polar surface area (TPSA) is 18.5 Å². The minimum absolute atomic E-state index is 0.476. The first-order valence-electron chi connectivity index (χ1n) is 5.81. The molecule has 0 aliphatic carbocycles. The van der Waals surface area contributed by atoms with E-state index in [1.54, 1.807) is 7.11 Å². The Kier molecular flexibility index (Phi) is 4.88. The lowest BCUT2D eigenvalue weighted by atomic mass is 10.2. The molecule has 0 N–H and O–H groups in total. The number of methoxy groups -OCH3 is 1. The van der Waals surface area contributed by atoms with Crippen molar-refractivity contribution in [1.82, 2.24) is 0 Å². The Morgan fingerprint density at radius 3 is 2.53 bits per heavy atom. The van der Waals surface area contributed by atoms with E-state index in [9.17, 15) is 0 Å². The number of hydrogen-bond acceptors (Lipinski definition) is 2. The highest BCUT2D eigenvalue weighted by Crippen LogP contribution is 2.26. The van der Waals surface area contributed by atoms with Crippen LogP contribution in [-0.2, 0) is 6.61 Å². The van der Waals surface area contributed by atoms with Crippen LogP contribution in [0.15, 0.2) is 45.3 Å². The number of rotatable bonds is 4. The van der Waals surface area contributed by atoms with Gasteiger partial charge in [-0.2, -0.15) is 0 Å². The van der Waals surface area contributed by atoms with E-state index in [0.717, 1.165) is 31.6 Å². The molecule has 100 valence electrons. The Labute approximate surface area is 130 Å². The summed E-state index contributed by atoms with van der Waals surface area (Å²) < 4.78 is 13.2. The van der Waals surface area contributed by atoms with Gasteiger partial charge in [0.25, 0.3) is 0 Å². The Morgan fingerprint density at radius 2 is 1.84 bits per heavy atom. The summed E-state index contributed by atoms with van der Waals surface area (Å²) in [5.41, 5.74) is 2.16. The summed E-state index contributed by atoms with van der Waals surface area (Å²) in [4.78, 5) is 0. The number of ether oxygens (including phenoxy) is 2. The molecular formula is C15H14Br2O2. The van der Waals surface area contributed by atoms with Gasteiger partial charge in [0.15, 0.2) is 0 Å². The monoisotopic (exact) mass is 384 g/mol. The van der Waals surface area contributed by atoms with Crippen molar-refractivity contribution in [3.05, 3.63) is 56.5 Å². The molecule has 4 heteroatoms. The normalized spacial score (nSPS) is 10.3. The van der Waals surface area contributed by atoms with Crippen molar-refractivity contribution in [3.63, 3.8) is 0 Å². The summed E-state index contributed by atoms with van der Waals surface area (Å²) in [6, 6.07) is 11.8. The molecule has 19 heavy (non-hydrogen) atoms. The maximum Gasteiger partial charge on any atom is 0.125 e. The zero-order valence-electron chi connectivity index (χ0n) is 10.7. The van der Waals surface area contributed by atoms with E-state index in [0.29, 0.717) is 6.61 Å². The fraction of sp³-hybridized carbons (Fsp3) is 0.200. The molecule has 0 aliphatic heterocycles. The Balaban J connectivity index is 2.13. The Bertz CT molecular complexity index is 582. The van der Waals surface area contributed by atoms with Gasteiger partial charge in [-0.3, -0.25) is 0 Å². The van der Waals surface area contributed by atoms with E-state index in [4.69, 9.17) is 9.47 Å². The van der Waals surface area contributed by atoms with Gasteiger partial charge >= 0.3 is 0 Å². The number of hydrogen-bond donors (Lipinski definition) is 0. The van der Waals surface area contributed by atoms with Crippen molar-refractivity contribution >= 4 is 31.9 Å². The summed E-state index contributed by atoms with van der Waals surface area (Å²) in [6.45, 7) is 2.51. The number of benzene rings is 2. The molecule has 0 heterocycles. The highest BCUT2D eigenvalue weighted by atomic mass is 79.9. The molecule has 0 amide bonds. The van der Waals surface area contributed by atoms with Crippen LogP contribution in [0.25, 0.3) is 0 Å². The van der Waals surface area contributed by atoms with Gasteiger partial charge < -0.3 is 9.47 Å². The Hall–Kier alpha value is -1.00. The molecule has 0 spiro atoms. The second kappa shape index (κ2) is 6.44. The van der Waals surface area contributed by atoms with Gasteiger partial charge in [-0.15, -0.1) is 0 Å². The van der Waals surface area contributed by atoms with Crippen molar-refractivity contribution < 1.29 is 9.47 Å². The van der Waals surface area contributed by atoms with Crippen LogP contribution < -0.4 is 9.47 Å². The van der Waals surface area contributed by atoms with Crippen molar-refractivity contribution in [2.45, 2.75) is 13.5 Å². The third-order valence-electron chi connectivity index (χ3n) is 2.77. The SMILES string of the molecule is COc1ccc(Br)cc1COc1ccc(Br)c(C)c1. The van der Waals surface area contributed by atoms with Crippen molar-refractivity contribution in [2.75, 3.05) is 7.11 Å². The quantitative estimate of drug-likeness (QED) is 0.728. The largest absolute Gasteiger partial charge is 0.496 e. The van der Waals surface area contributed by atoms with Gasteiger partial charge in [0.1, 0.15) is 18.1 Å². The molecule has 0 radical (unpaired) electrons. The lowest BCUT2D eigenvalue weighted by Crippen LogP contribution is -1.99. The molecule has 2 aromatic carbocycles. The molecule has 0 fully saturated rings. The Morgan fingerprint density at radius 1 is 1.05 bits per heavy atom. The maximum atomic E-state index is 5.80. The van der Waals surface area contributed by atoms with Gasteiger partial charge in [-0.1, -0.05) is 31.9 Å². The third kappa shape index (κ3) is 3.74. The van der Waals surface area contributed by atoms with Crippen LogP contribution in [0.4, 0.5) is 0 Å². The lowest BCUT2D eigenvalue weighted by molar-refractivity contribution is 0.296.